The largest absolute Gasteiger partial charge is 0.325 e. The van der Waals surface area contributed by atoms with Crippen LogP contribution in [-0.2, 0) is 14.8 Å². The van der Waals surface area contributed by atoms with E-state index in [9.17, 15) is 13.2 Å². The lowest BCUT2D eigenvalue weighted by Crippen LogP contribution is -2.34. The fraction of sp³-hybridized carbons (Fsp3) is 0.588. The molecule has 1 heterocycles. The molecule has 0 radical (unpaired) electrons. The van der Waals surface area contributed by atoms with Gasteiger partial charge in [0.05, 0.1) is 10.6 Å². The van der Waals surface area contributed by atoms with Crippen molar-refractivity contribution in [2.75, 3.05) is 5.32 Å². The van der Waals surface area contributed by atoms with Gasteiger partial charge in [-0.25, -0.2) is 13.1 Å². The summed E-state index contributed by atoms with van der Waals surface area (Å²) >= 11 is 1.60. The Balaban J connectivity index is 1.82. The Labute approximate surface area is 148 Å². The van der Waals surface area contributed by atoms with Gasteiger partial charge in [-0.2, -0.15) is 0 Å². The molecule has 0 unspecified atom stereocenters. The molecule has 0 spiro atoms. The van der Waals surface area contributed by atoms with E-state index >= 15 is 0 Å². The van der Waals surface area contributed by atoms with E-state index in [1.807, 2.05) is 6.92 Å². The summed E-state index contributed by atoms with van der Waals surface area (Å²) in [5.74, 6) is -0.0694. The minimum absolute atomic E-state index is 0.0142. The van der Waals surface area contributed by atoms with E-state index in [1.165, 1.54) is 12.8 Å². The summed E-state index contributed by atoms with van der Waals surface area (Å²) in [5, 5.41) is 3.01. The van der Waals surface area contributed by atoms with E-state index in [4.69, 9.17) is 0 Å². The van der Waals surface area contributed by atoms with E-state index in [0.29, 0.717) is 12.1 Å². The zero-order valence-corrected chi connectivity index (χ0v) is 15.5. The molecule has 1 amide bonds. The summed E-state index contributed by atoms with van der Waals surface area (Å²) in [7, 11) is -3.56. The average molecular weight is 369 g/mol. The molecule has 132 valence electrons. The number of anilines is 1. The Kier molecular flexibility index (Phi) is 5.52. The van der Waals surface area contributed by atoms with Gasteiger partial charge in [0.2, 0.25) is 15.9 Å². The van der Waals surface area contributed by atoms with Crippen LogP contribution >= 0.6 is 11.8 Å². The van der Waals surface area contributed by atoms with Crippen molar-refractivity contribution in [2.24, 2.45) is 0 Å². The molecular formula is C17H24N2O3S2. The number of amides is 1. The van der Waals surface area contributed by atoms with E-state index in [2.05, 4.69) is 10.0 Å². The lowest BCUT2D eigenvalue weighted by Gasteiger charge is -2.17. The molecule has 0 bridgehead atoms. The van der Waals surface area contributed by atoms with Crippen LogP contribution in [0.3, 0.4) is 0 Å². The quantitative estimate of drug-likeness (QED) is 0.801. The van der Waals surface area contributed by atoms with Crippen LogP contribution in [0, 0.1) is 0 Å². The molecule has 1 saturated carbocycles. The first-order valence-corrected chi connectivity index (χ1v) is 10.9. The number of carbonyl (C=O) groups is 1. The highest BCUT2D eigenvalue weighted by atomic mass is 32.2. The summed E-state index contributed by atoms with van der Waals surface area (Å²) < 4.78 is 28.2. The van der Waals surface area contributed by atoms with Crippen LogP contribution in [0.1, 0.15) is 51.9 Å². The van der Waals surface area contributed by atoms with Gasteiger partial charge in [-0.05, 0) is 31.0 Å². The van der Waals surface area contributed by atoms with E-state index < -0.39 is 10.0 Å². The smallest absolute Gasteiger partial charge is 0.240 e. The molecule has 1 aliphatic heterocycles. The molecular weight excluding hydrogens is 344 g/mol. The molecule has 2 aliphatic rings. The van der Waals surface area contributed by atoms with Crippen LogP contribution in [0.25, 0.3) is 0 Å². The Morgan fingerprint density at radius 3 is 2.58 bits per heavy atom. The molecule has 1 atom stereocenters. The third-order valence-corrected chi connectivity index (χ3v) is 7.21. The first-order chi connectivity index (χ1) is 11.4. The monoisotopic (exact) mass is 368 g/mol. The third-order valence-electron chi connectivity index (χ3n) is 4.51. The highest BCUT2D eigenvalue weighted by Crippen LogP contribution is 2.36. The number of fused-ring (bicyclic) bond motifs is 1. The first kappa shape index (κ1) is 17.8. The molecule has 1 aromatic rings. The molecule has 1 fully saturated rings. The van der Waals surface area contributed by atoms with Crippen LogP contribution in [0.15, 0.2) is 28.0 Å². The molecule has 3 rings (SSSR count). The zero-order chi connectivity index (χ0) is 17.2. The first-order valence-electron chi connectivity index (χ1n) is 8.57. The van der Waals surface area contributed by atoms with Gasteiger partial charge in [-0.15, -0.1) is 11.8 Å². The zero-order valence-electron chi connectivity index (χ0n) is 13.9. The minimum atomic E-state index is -3.56. The number of carbonyl (C=O) groups excluding carboxylic acids is 1. The average Bonchev–Trinajstić information content (AvgIpc) is 2.83. The van der Waals surface area contributed by atoms with Gasteiger partial charge in [0.15, 0.2) is 0 Å². The third kappa shape index (κ3) is 4.32. The number of hydrogen-bond donors (Lipinski definition) is 2. The lowest BCUT2D eigenvalue weighted by molar-refractivity contribution is -0.116. The summed E-state index contributed by atoms with van der Waals surface area (Å²) in [4.78, 5) is 13.0. The molecule has 1 aliphatic carbocycles. The number of sulfonamides is 1. The van der Waals surface area contributed by atoms with Crippen molar-refractivity contribution in [3.8, 4) is 0 Å². The van der Waals surface area contributed by atoms with Crippen LogP contribution in [-0.4, -0.2) is 25.6 Å². The number of rotatable bonds is 3. The SMILES string of the molecule is C[C@H]1CC(=O)Nc2cc(S(=O)(=O)NC3CCCCCC3)ccc2S1. The number of hydrogen-bond acceptors (Lipinski definition) is 4. The summed E-state index contributed by atoms with van der Waals surface area (Å²) in [6.45, 7) is 2.00. The normalized spacial score (nSPS) is 23.0. The Hall–Kier alpha value is -1.05. The van der Waals surface area contributed by atoms with Crippen molar-refractivity contribution >= 4 is 33.4 Å². The minimum Gasteiger partial charge on any atom is -0.325 e. The van der Waals surface area contributed by atoms with Crippen LogP contribution in [0.4, 0.5) is 5.69 Å². The van der Waals surface area contributed by atoms with Crippen molar-refractivity contribution in [2.45, 2.75) is 73.0 Å². The van der Waals surface area contributed by atoms with Crippen molar-refractivity contribution in [1.82, 2.24) is 4.72 Å². The van der Waals surface area contributed by atoms with Crippen LogP contribution in [0.2, 0.25) is 0 Å². The number of thioether (sulfide) groups is 1. The van der Waals surface area contributed by atoms with Gasteiger partial charge >= 0.3 is 0 Å². The topological polar surface area (TPSA) is 75.3 Å². The fourth-order valence-corrected chi connectivity index (χ4v) is 5.66. The van der Waals surface area contributed by atoms with E-state index in [0.717, 1.165) is 30.6 Å². The van der Waals surface area contributed by atoms with Gasteiger partial charge in [0.1, 0.15) is 0 Å². The summed E-state index contributed by atoms with van der Waals surface area (Å²) in [6.07, 6.45) is 6.73. The molecule has 5 nitrogen and oxygen atoms in total. The second kappa shape index (κ2) is 7.45. The maximum absolute atomic E-state index is 12.7. The Bertz CT molecular complexity index is 711. The standard InChI is InChI=1S/C17H24N2O3S2/c1-12-10-17(20)18-15-11-14(8-9-16(15)23-12)24(21,22)19-13-6-4-2-3-5-7-13/h8-9,11-13,19H,2-7,10H2,1H3,(H,18,20)/t12-/m0/s1. The molecule has 1 aromatic carbocycles. The second-order valence-electron chi connectivity index (χ2n) is 6.65. The summed E-state index contributed by atoms with van der Waals surface area (Å²) in [6, 6.07) is 5.02. The maximum atomic E-state index is 12.7. The highest BCUT2D eigenvalue weighted by Gasteiger charge is 2.24. The molecule has 7 heteroatoms. The highest BCUT2D eigenvalue weighted by molar-refractivity contribution is 8.00. The van der Waals surface area contributed by atoms with Crippen molar-refractivity contribution in [1.29, 1.82) is 0 Å². The molecule has 2 N–H and O–H groups in total. The van der Waals surface area contributed by atoms with Gasteiger partial charge in [0, 0.05) is 22.6 Å². The summed E-state index contributed by atoms with van der Waals surface area (Å²) in [5.41, 5.74) is 0.595. The van der Waals surface area contributed by atoms with Crippen molar-refractivity contribution in [3.05, 3.63) is 18.2 Å². The second-order valence-corrected chi connectivity index (χ2v) is 9.84. The van der Waals surface area contributed by atoms with Gasteiger partial charge in [0.25, 0.3) is 0 Å². The number of nitrogens with one attached hydrogen (secondary N) is 2. The van der Waals surface area contributed by atoms with Gasteiger partial charge < -0.3 is 5.32 Å². The van der Waals surface area contributed by atoms with Crippen molar-refractivity contribution in [3.63, 3.8) is 0 Å². The van der Waals surface area contributed by atoms with Gasteiger partial charge in [-0.1, -0.05) is 32.6 Å². The Morgan fingerprint density at radius 2 is 1.88 bits per heavy atom. The fourth-order valence-electron chi connectivity index (χ4n) is 3.28. The number of benzene rings is 1. The maximum Gasteiger partial charge on any atom is 0.240 e. The van der Waals surface area contributed by atoms with Crippen LogP contribution in [0.5, 0.6) is 0 Å². The van der Waals surface area contributed by atoms with E-state index in [1.54, 1.807) is 30.0 Å². The Morgan fingerprint density at radius 1 is 1.17 bits per heavy atom. The van der Waals surface area contributed by atoms with E-state index in [-0.39, 0.29) is 22.1 Å². The molecule has 0 saturated heterocycles. The molecule has 24 heavy (non-hydrogen) atoms. The van der Waals surface area contributed by atoms with Gasteiger partial charge in [-0.3, -0.25) is 4.79 Å². The van der Waals surface area contributed by atoms with Crippen LogP contribution < -0.4 is 10.0 Å². The van der Waals surface area contributed by atoms with Crippen molar-refractivity contribution < 1.29 is 13.2 Å². The predicted octanol–water partition coefficient (Wildman–Crippen LogP) is 3.51. The lowest BCUT2D eigenvalue weighted by atomic mass is 10.1. The molecule has 0 aromatic heterocycles. The predicted molar refractivity (Wildman–Crippen MR) is 96.8 cm³/mol.